The Morgan fingerprint density at radius 3 is 2.79 bits per heavy atom. The second-order valence-corrected chi connectivity index (χ2v) is 6.10. The van der Waals surface area contributed by atoms with Gasteiger partial charge in [-0.1, -0.05) is 30.3 Å². The number of aromatic nitrogens is 1. The Labute approximate surface area is 144 Å². The van der Waals surface area contributed by atoms with Crippen molar-refractivity contribution in [2.75, 3.05) is 18.1 Å². The molecule has 1 N–H and O–H groups in total. The van der Waals surface area contributed by atoms with Gasteiger partial charge in [-0.15, -0.1) is 11.8 Å². The third-order valence-electron chi connectivity index (χ3n) is 3.77. The molecular formula is C19H16FN3S. The first kappa shape index (κ1) is 16.3. The van der Waals surface area contributed by atoms with Gasteiger partial charge < -0.3 is 5.32 Å². The van der Waals surface area contributed by atoms with E-state index in [0.29, 0.717) is 23.6 Å². The van der Waals surface area contributed by atoms with E-state index in [4.69, 9.17) is 0 Å². The van der Waals surface area contributed by atoms with Crippen LogP contribution in [0.15, 0.2) is 53.6 Å². The van der Waals surface area contributed by atoms with Crippen LogP contribution in [0.3, 0.4) is 0 Å². The molecule has 2 aromatic carbocycles. The summed E-state index contributed by atoms with van der Waals surface area (Å²) in [5.41, 5.74) is 3.13. The summed E-state index contributed by atoms with van der Waals surface area (Å²) in [6.45, 7) is 0.611. The molecule has 0 unspecified atom stereocenters. The Morgan fingerprint density at radius 1 is 1.21 bits per heavy atom. The van der Waals surface area contributed by atoms with Gasteiger partial charge in [0.1, 0.15) is 22.5 Å². The number of hydrogen-bond acceptors (Lipinski definition) is 4. The van der Waals surface area contributed by atoms with Gasteiger partial charge in [0.25, 0.3) is 0 Å². The van der Waals surface area contributed by atoms with Gasteiger partial charge in [-0.05, 0) is 36.4 Å². The van der Waals surface area contributed by atoms with E-state index in [1.165, 1.54) is 23.9 Å². The zero-order valence-electron chi connectivity index (χ0n) is 13.2. The highest BCUT2D eigenvalue weighted by Gasteiger charge is 2.14. The van der Waals surface area contributed by atoms with Crippen LogP contribution < -0.4 is 5.32 Å². The normalized spacial score (nSPS) is 10.5. The van der Waals surface area contributed by atoms with Crippen molar-refractivity contribution in [1.82, 2.24) is 4.98 Å². The van der Waals surface area contributed by atoms with Crippen molar-refractivity contribution >= 4 is 28.4 Å². The molecule has 0 aliphatic carbocycles. The molecule has 120 valence electrons. The molecular weight excluding hydrogens is 321 g/mol. The molecule has 0 bridgehead atoms. The summed E-state index contributed by atoms with van der Waals surface area (Å²) in [4.78, 5) is 4.55. The van der Waals surface area contributed by atoms with E-state index in [2.05, 4.69) is 16.4 Å². The minimum Gasteiger partial charge on any atom is -0.383 e. The van der Waals surface area contributed by atoms with Gasteiger partial charge in [0.05, 0.1) is 11.2 Å². The molecule has 0 fully saturated rings. The minimum absolute atomic E-state index is 0.232. The van der Waals surface area contributed by atoms with Gasteiger partial charge in [0, 0.05) is 11.9 Å². The number of thioether (sulfide) groups is 1. The molecule has 0 aliphatic rings. The lowest BCUT2D eigenvalue weighted by atomic mass is 10.1. The van der Waals surface area contributed by atoms with Crippen molar-refractivity contribution in [3.63, 3.8) is 0 Å². The van der Waals surface area contributed by atoms with Crippen LogP contribution in [0.5, 0.6) is 0 Å². The minimum atomic E-state index is -0.232. The van der Waals surface area contributed by atoms with E-state index in [9.17, 15) is 9.65 Å². The number of nitriles is 1. The summed E-state index contributed by atoms with van der Waals surface area (Å²) < 4.78 is 13.3. The van der Waals surface area contributed by atoms with Crippen LogP contribution in [0.4, 0.5) is 10.1 Å². The van der Waals surface area contributed by atoms with E-state index in [1.807, 2.05) is 36.6 Å². The van der Waals surface area contributed by atoms with Gasteiger partial charge in [-0.25, -0.2) is 9.37 Å². The van der Waals surface area contributed by atoms with E-state index in [1.54, 1.807) is 6.07 Å². The summed E-state index contributed by atoms with van der Waals surface area (Å²) in [5.74, 6) is -0.232. The molecule has 3 nitrogen and oxygen atoms in total. The first-order valence-corrected chi connectivity index (χ1v) is 8.80. The molecule has 1 heterocycles. The zero-order valence-corrected chi connectivity index (χ0v) is 14.0. The maximum absolute atomic E-state index is 13.3. The first-order valence-electron chi connectivity index (χ1n) is 7.58. The number of hydrogen-bond donors (Lipinski definition) is 1. The van der Waals surface area contributed by atoms with Crippen LogP contribution in [-0.4, -0.2) is 17.8 Å². The van der Waals surface area contributed by atoms with Crippen LogP contribution in [0, 0.1) is 17.1 Å². The largest absolute Gasteiger partial charge is 0.383 e. The molecule has 0 spiro atoms. The number of halogens is 1. The second kappa shape index (κ2) is 7.33. The second-order valence-electron chi connectivity index (χ2n) is 5.31. The smallest absolute Gasteiger partial charge is 0.123 e. The van der Waals surface area contributed by atoms with Gasteiger partial charge in [0.15, 0.2) is 0 Å². The Kier molecular flexibility index (Phi) is 4.97. The summed E-state index contributed by atoms with van der Waals surface area (Å²) in [7, 11) is 0. The molecule has 1 aromatic heterocycles. The molecule has 0 radical (unpaired) electrons. The highest BCUT2D eigenvalue weighted by molar-refractivity contribution is 7.98. The van der Waals surface area contributed by atoms with Crippen molar-refractivity contribution in [1.29, 1.82) is 5.26 Å². The van der Waals surface area contributed by atoms with Crippen LogP contribution >= 0.6 is 11.8 Å². The lowest BCUT2D eigenvalue weighted by Gasteiger charge is -2.14. The fourth-order valence-electron chi connectivity index (χ4n) is 2.65. The molecule has 0 saturated carbocycles. The lowest BCUT2D eigenvalue weighted by molar-refractivity contribution is 0.625. The van der Waals surface area contributed by atoms with E-state index < -0.39 is 0 Å². The number of anilines is 1. The molecule has 0 aliphatic heterocycles. The number of benzene rings is 2. The van der Waals surface area contributed by atoms with Gasteiger partial charge in [-0.2, -0.15) is 5.26 Å². The molecule has 3 aromatic rings. The standard InChI is InChI=1S/C19H16FN3S/c1-24-19-16(12-21)18(15-7-2-3-8-17(15)23-19)22-10-9-13-5-4-6-14(20)11-13/h2-8,11H,9-10H2,1H3,(H,22,23). The first-order chi connectivity index (χ1) is 11.7. The van der Waals surface area contributed by atoms with E-state index in [0.717, 1.165) is 22.2 Å². The third kappa shape index (κ3) is 3.34. The molecule has 3 rings (SSSR count). The van der Waals surface area contributed by atoms with Crippen molar-refractivity contribution < 1.29 is 4.39 Å². The summed E-state index contributed by atoms with van der Waals surface area (Å²) >= 11 is 1.46. The van der Waals surface area contributed by atoms with Gasteiger partial charge in [-0.3, -0.25) is 0 Å². The van der Waals surface area contributed by atoms with Gasteiger partial charge >= 0.3 is 0 Å². The predicted molar refractivity (Wildman–Crippen MR) is 96.8 cm³/mol. The van der Waals surface area contributed by atoms with Gasteiger partial charge in [0.2, 0.25) is 0 Å². The Hall–Kier alpha value is -2.58. The SMILES string of the molecule is CSc1nc2ccccc2c(NCCc2cccc(F)c2)c1C#N. The summed E-state index contributed by atoms with van der Waals surface area (Å²) in [6.07, 6.45) is 2.59. The maximum atomic E-state index is 13.3. The highest BCUT2D eigenvalue weighted by Crippen LogP contribution is 2.32. The van der Waals surface area contributed by atoms with Crippen LogP contribution in [0.2, 0.25) is 0 Å². The molecule has 24 heavy (non-hydrogen) atoms. The number of nitrogens with zero attached hydrogens (tertiary/aromatic N) is 2. The number of pyridine rings is 1. The number of nitrogens with one attached hydrogen (secondary N) is 1. The average Bonchev–Trinajstić information content (AvgIpc) is 2.61. The molecule has 0 atom stereocenters. The fraction of sp³-hybridized carbons (Fsp3) is 0.158. The quantitative estimate of drug-likeness (QED) is 0.690. The van der Waals surface area contributed by atoms with Crippen molar-refractivity contribution in [2.24, 2.45) is 0 Å². The number of rotatable bonds is 5. The topological polar surface area (TPSA) is 48.7 Å². The Bertz CT molecular complexity index is 918. The molecule has 0 saturated heterocycles. The predicted octanol–water partition coefficient (Wildman–Crippen LogP) is 4.62. The monoisotopic (exact) mass is 337 g/mol. The average molecular weight is 337 g/mol. The summed E-state index contributed by atoms with van der Waals surface area (Å²) in [6, 6.07) is 16.6. The Balaban J connectivity index is 1.91. The zero-order chi connectivity index (χ0) is 16.9. The number of para-hydroxylation sites is 1. The van der Waals surface area contributed by atoms with E-state index >= 15 is 0 Å². The van der Waals surface area contributed by atoms with Crippen molar-refractivity contribution in [3.8, 4) is 6.07 Å². The summed E-state index contributed by atoms with van der Waals surface area (Å²) in [5, 5.41) is 14.5. The third-order valence-corrected chi connectivity index (χ3v) is 4.45. The maximum Gasteiger partial charge on any atom is 0.123 e. The van der Waals surface area contributed by atoms with Crippen molar-refractivity contribution in [2.45, 2.75) is 11.4 Å². The highest BCUT2D eigenvalue weighted by atomic mass is 32.2. The van der Waals surface area contributed by atoms with Crippen LogP contribution in [0.25, 0.3) is 10.9 Å². The van der Waals surface area contributed by atoms with E-state index in [-0.39, 0.29) is 5.82 Å². The fourth-order valence-corrected chi connectivity index (χ4v) is 3.19. The Morgan fingerprint density at radius 2 is 2.04 bits per heavy atom. The molecule has 5 heteroatoms. The van der Waals surface area contributed by atoms with Crippen LogP contribution in [0.1, 0.15) is 11.1 Å². The molecule has 0 amide bonds. The lowest BCUT2D eigenvalue weighted by Crippen LogP contribution is -2.08. The van der Waals surface area contributed by atoms with Crippen molar-refractivity contribution in [3.05, 3.63) is 65.5 Å². The number of fused-ring (bicyclic) bond motifs is 1. The van der Waals surface area contributed by atoms with Crippen LogP contribution in [-0.2, 0) is 6.42 Å².